The van der Waals surface area contributed by atoms with Crippen LogP contribution in [-0.2, 0) is 15.7 Å². The van der Waals surface area contributed by atoms with E-state index in [9.17, 15) is 22.8 Å². The van der Waals surface area contributed by atoms with Gasteiger partial charge in [-0.25, -0.2) is 9.59 Å². The van der Waals surface area contributed by atoms with Gasteiger partial charge in [-0.15, -0.1) is 0 Å². The highest BCUT2D eigenvalue weighted by atomic mass is 19.4. The Kier molecular flexibility index (Phi) is 9.32. The number of hydrogen-bond acceptors (Lipinski definition) is 6. The summed E-state index contributed by atoms with van der Waals surface area (Å²) in [4.78, 5) is 24.8. The van der Waals surface area contributed by atoms with Crippen molar-refractivity contribution in [2.45, 2.75) is 25.9 Å². The van der Waals surface area contributed by atoms with Crippen LogP contribution in [0.15, 0.2) is 72.8 Å². The minimum atomic E-state index is -4.48. The lowest BCUT2D eigenvalue weighted by atomic mass is 10.1. The summed E-state index contributed by atoms with van der Waals surface area (Å²) in [6.45, 7) is 2.63. The van der Waals surface area contributed by atoms with Crippen molar-refractivity contribution in [3.63, 3.8) is 0 Å². The standard InChI is InChI=1S/C27H27F3N2O4/c1-2-3-15-31-21-13-11-19(12-14-21)25(33)35-16-17-36-26(34)23-9-4-5-10-24(23)32-22-8-6-7-20(18-22)27(28,29)30/h4-14,18,31-32H,2-3,15-17H2,1H3. The quantitative estimate of drug-likeness (QED) is 0.226. The van der Waals surface area contributed by atoms with E-state index in [1.165, 1.54) is 18.2 Å². The highest BCUT2D eigenvalue weighted by molar-refractivity contribution is 5.96. The van der Waals surface area contributed by atoms with Crippen molar-refractivity contribution in [2.24, 2.45) is 0 Å². The van der Waals surface area contributed by atoms with Gasteiger partial charge in [0, 0.05) is 17.9 Å². The third kappa shape index (κ3) is 7.76. The fraction of sp³-hybridized carbons (Fsp3) is 0.259. The summed E-state index contributed by atoms with van der Waals surface area (Å²) < 4.78 is 49.3. The fourth-order valence-corrected chi connectivity index (χ4v) is 3.26. The predicted octanol–water partition coefficient (Wildman–Crippen LogP) is 6.67. The molecule has 0 saturated heterocycles. The van der Waals surface area contributed by atoms with Crippen LogP contribution in [0.2, 0.25) is 0 Å². The number of hydrogen-bond donors (Lipinski definition) is 2. The van der Waals surface area contributed by atoms with E-state index >= 15 is 0 Å². The Hall–Kier alpha value is -4.01. The molecule has 0 unspecified atom stereocenters. The molecule has 0 radical (unpaired) electrons. The molecular weight excluding hydrogens is 473 g/mol. The van der Waals surface area contributed by atoms with Gasteiger partial charge in [0.15, 0.2) is 0 Å². The summed E-state index contributed by atoms with van der Waals surface area (Å²) in [6, 6.07) is 17.8. The van der Waals surface area contributed by atoms with E-state index in [1.807, 2.05) is 0 Å². The third-order valence-electron chi connectivity index (χ3n) is 5.15. The number of esters is 2. The van der Waals surface area contributed by atoms with Gasteiger partial charge < -0.3 is 20.1 Å². The van der Waals surface area contributed by atoms with Crippen LogP contribution in [0.5, 0.6) is 0 Å². The highest BCUT2D eigenvalue weighted by Gasteiger charge is 2.30. The summed E-state index contributed by atoms with van der Waals surface area (Å²) in [5.41, 5.74) is 1.06. The Bertz CT molecular complexity index is 1160. The van der Waals surface area contributed by atoms with Gasteiger partial charge in [-0.05, 0) is 61.0 Å². The maximum Gasteiger partial charge on any atom is 0.416 e. The molecule has 0 spiro atoms. The monoisotopic (exact) mass is 500 g/mol. The van der Waals surface area contributed by atoms with Gasteiger partial charge in [0.1, 0.15) is 13.2 Å². The molecule has 0 amide bonds. The molecule has 190 valence electrons. The molecule has 2 N–H and O–H groups in total. The molecule has 0 fully saturated rings. The van der Waals surface area contributed by atoms with E-state index < -0.39 is 23.7 Å². The fourth-order valence-electron chi connectivity index (χ4n) is 3.26. The Labute approximate surface area is 207 Å². The Morgan fingerprint density at radius 3 is 2.22 bits per heavy atom. The van der Waals surface area contributed by atoms with E-state index in [0.29, 0.717) is 5.56 Å². The minimum absolute atomic E-state index is 0.132. The van der Waals surface area contributed by atoms with Gasteiger partial charge in [0.25, 0.3) is 0 Å². The second-order valence-corrected chi connectivity index (χ2v) is 7.88. The molecule has 6 nitrogen and oxygen atoms in total. The molecule has 0 aliphatic heterocycles. The van der Waals surface area contributed by atoms with Crippen molar-refractivity contribution < 1.29 is 32.2 Å². The molecule has 3 rings (SSSR count). The highest BCUT2D eigenvalue weighted by Crippen LogP contribution is 2.32. The summed E-state index contributed by atoms with van der Waals surface area (Å²) in [5, 5.41) is 6.08. The number of ether oxygens (including phenoxy) is 2. The van der Waals surface area contributed by atoms with Crippen molar-refractivity contribution >= 4 is 29.0 Å². The van der Waals surface area contributed by atoms with Crippen molar-refractivity contribution in [3.8, 4) is 0 Å². The lowest BCUT2D eigenvalue weighted by Crippen LogP contribution is -2.15. The van der Waals surface area contributed by atoms with Crippen LogP contribution in [0.25, 0.3) is 0 Å². The molecule has 0 aliphatic carbocycles. The number of para-hydroxylation sites is 1. The lowest BCUT2D eigenvalue weighted by Gasteiger charge is -2.13. The number of unbranched alkanes of at least 4 members (excludes halogenated alkanes) is 1. The molecule has 0 bridgehead atoms. The average molecular weight is 501 g/mol. The number of alkyl halides is 3. The SMILES string of the molecule is CCCCNc1ccc(C(=O)OCCOC(=O)c2ccccc2Nc2cccc(C(F)(F)F)c2)cc1. The first-order valence-corrected chi connectivity index (χ1v) is 11.5. The van der Waals surface area contributed by atoms with Gasteiger partial charge in [-0.1, -0.05) is 31.5 Å². The zero-order chi connectivity index (χ0) is 26.0. The van der Waals surface area contributed by atoms with Crippen molar-refractivity contribution in [1.82, 2.24) is 0 Å². The molecule has 9 heteroatoms. The van der Waals surface area contributed by atoms with E-state index in [1.54, 1.807) is 42.5 Å². The van der Waals surface area contributed by atoms with Gasteiger partial charge in [-0.2, -0.15) is 13.2 Å². The van der Waals surface area contributed by atoms with Gasteiger partial charge >= 0.3 is 18.1 Å². The van der Waals surface area contributed by atoms with Crippen molar-refractivity contribution in [2.75, 3.05) is 30.4 Å². The van der Waals surface area contributed by atoms with Crippen molar-refractivity contribution in [1.29, 1.82) is 0 Å². The summed E-state index contributed by atoms with van der Waals surface area (Å²) >= 11 is 0. The molecule has 0 atom stereocenters. The van der Waals surface area contributed by atoms with Crippen LogP contribution < -0.4 is 10.6 Å². The second-order valence-electron chi connectivity index (χ2n) is 7.88. The molecular formula is C27H27F3N2O4. The number of benzene rings is 3. The molecule has 0 saturated carbocycles. The van der Waals surface area contributed by atoms with Crippen LogP contribution >= 0.6 is 0 Å². The molecule has 0 aromatic heterocycles. The Balaban J connectivity index is 1.51. The number of carbonyl (C=O) groups is 2. The normalized spacial score (nSPS) is 11.0. The van der Waals surface area contributed by atoms with Gasteiger partial charge in [0.05, 0.1) is 22.4 Å². The first-order valence-electron chi connectivity index (χ1n) is 11.5. The van der Waals surface area contributed by atoms with E-state index in [2.05, 4.69) is 17.6 Å². The number of nitrogens with one attached hydrogen (secondary N) is 2. The van der Waals surface area contributed by atoms with Crippen LogP contribution in [0.1, 0.15) is 46.0 Å². The number of anilines is 3. The maximum atomic E-state index is 13.0. The van der Waals surface area contributed by atoms with E-state index in [-0.39, 0.29) is 30.2 Å². The molecule has 3 aromatic rings. The van der Waals surface area contributed by atoms with E-state index in [4.69, 9.17) is 9.47 Å². The van der Waals surface area contributed by atoms with Gasteiger partial charge in [0.2, 0.25) is 0 Å². The minimum Gasteiger partial charge on any atom is -0.458 e. The second kappa shape index (κ2) is 12.6. The largest absolute Gasteiger partial charge is 0.458 e. The van der Waals surface area contributed by atoms with Crippen LogP contribution in [0.3, 0.4) is 0 Å². The number of rotatable bonds is 11. The summed E-state index contributed by atoms with van der Waals surface area (Å²) in [5.74, 6) is -1.25. The number of carbonyl (C=O) groups excluding carboxylic acids is 2. The van der Waals surface area contributed by atoms with Crippen molar-refractivity contribution in [3.05, 3.63) is 89.5 Å². The topological polar surface area (TPSA) is 76.7 Å². The third-order valence-corrected chi connectivity index (χ3v) is 5.15. The first-order chi connectivity index (χ1) is 17.3. The molecule has 0 heterocycles. The predicted molar refractivity (Wildman–Crippen MR) is 132 cm³/mol. The number of halogens is 3. The zero-order valence-corrected chi connectivity index (χ0v) is 19.7. The van der Waals surface area contributed by atoms with Crippen LogP contribution in [0, 0.1) is 0 Å². The van der Waals surface area contributed by atoms with Crippen LogP contribution in [-0.4, -0.2) is 31.7 Å². The lowest BCUT2D eigenvalue weighted by molar-refractivity contribution is -0.137. The summed E-state index contributed by atoms with van der Waals surface area (Å²) in [6.07, 6.45) is -2.35. The Morgan fingerprint density at radius 2 is 1.53 bits per heavy atom. The van der Waals surface area contributed by atoms with Crippen LogP contribution in [0.4, 0.5) is 30.2 Å². The average Bonchev–Trinajstić information content (AvgIpc) is 2.87. The Morgan fingerprint density at radius 1 is 0.833 bits per heavy atom. The van der Waals surface area contributed by atoms with Gasteiger partial charge in [-0.3, -0.25) is 0 Å². The molecule has 36 heavy (non-hydrogen) atoms. The molecule has 3 aromatic carbocycles. The summed E-state index contributed by atoms with van der Waals surface area (Å²) in [7, 11) is 0. The zero-order valence-electron chi connectivity index (χ0n) is 19.7. The first kappa shape index (κ1) is 26.6. The molecule has 0 aliphatic rings. The maximum absolute atomic E-state index is 13.0. The smallest absolute Gasteiger partial charge is 0.416 e. The van der Waals surface area contributed by atoms with E-state index in [0.717, 1.165) is 37.2 Å².